The van der Waals surface area contributed by atoms with Gasteiger partial charge >= 0.3 is 0 Å². The molecule has 37 heavy (non-hydrogen) atoms. The molecule has 1 amide bonds. The first-order valence-electron chi connectivity index (χ1n) is 12.7. The Morgan fingerprint density at radius 3 is 2.59 bits per heavy atom. The van der Waals surface area contributed by atoms with Crippen LogP contribution in [0.3, 0.4) is 0 Å². The van der Waals surface area contributed by atoms with Crippen molar-refractivity contribution < 1.29 is 23.4 Å². The lowest BCUT2D eigenvalue weighted by atomic mass is 9.80. The summed E-state index contributed by atoms with van der Waals surface area (Å²) in [7, 11) is -0.415. The number of amidine groups is 1. The second-order valence-corrected chi connectivity index (χ2v) is 17.1. The van der Waals surface area contributed by atoms with Gasteiger partial charge in [0.15, 0.2) is 13.5 Å². The number of thioether (sulfide) groups is 1. The quantitative estimate of drug-likeness (QED) is 0.405. The molecule has 1 fully saturated rings. The van der Waals surface area contributed by atoms with Gasteiger partial charge in [-0.3, -0.25) is 9.69 Å². The van der Waals surface area contributed by atoms with Gasteiger partial charge in [0.25, 0.3) is 0 Å². The Kier molecular flexibility index (Phi) is 6.93. The summed E-state index contributed by atoms with van der Waals surface area (Å²) in [5, 5.41) is 0.766. The minimum atomic E-state index is -2.07. The van der Waals surface area contributed by atoms with Gasteiger partial charge in [0.1, 0.15) is 18.1 Å². The number of aliphatic imine (C=N–C) groups is 1. The predicted octanol–water partition coefficient (Wildman–Crippen LogP) is 5.62. The van der Waals surface area contributed by atoms with E-state index in [1.54, 1.807) is 7.11 Å². The zero-order chi connectivity index (χ0) is 26.4. The molecule has 5 rings (SSSR count). The molecule has 198 valence electrons. The molecule has 0 aromatic heterocycles. The van der Waals surface area contributed by atoms with Crippen molar-refractivity contribution in [1.29, 1.82) is 0 Å². The fraction of sp³-hybridized carbons (Fsp3) is 0.500. The standard InChI is InChI=1S/C28H36N2O5SSi/c1-27(2,3)37(5,6)34-16-22-25-21-9-7-8-10-23(21)35-28(22,29-26-30(25)24(31)17-36-26)18-33-15-19-11-13-20(32-4)14-12-19/h7-14,22,25H,15-18H2,1-6H3/t22-,25-,28-/m1/s1. The molecule has 1 saturated heterocycles. The number of nitrogens with zero attached hydrogens (tertiary/aromatic N) is 2. The van der Waals surface area contributed by atoms with E-state index in [0.717, 1.165) is 22.6 Å². The number of carbonyl (C=O) groups is 1. The maximum absolute atomic E-state index is 13.1. The fourth-order valence-electron chi connectivity index (χ4n) is 4.81. The minimum Gasteiger partial charge on any atom is -0.497 e. The van der Waals surface area contributed by atoms with Crippen molar-refractivity contribution >= 4 is 31.2 Å². The molecule has 0 radical (unpaired) electrons. The predicted molar refractivity (Wildman–Crippen MR) is 149 cm³/mol. The lowest BCUT2D eigenvalue weighted by Gasteiger charge is -2.52. The van der Waals surface area contributed by atoms with Gasteiger partial charge < -0.3 is 18.6 Å². The van der Waals surface area contributed by atoms with Gasteiger partial charge in [-0.2, -0.15) is 0 Å². The first-order chi connectivity index (χ1) is 17.5. The number of para-hydroxylation sites is 1. The lowest BCUT2D eigenvalue weighted by molar-refractivity contribution is -0.140. The van der Waals surface area contributed by atoms with Gasteiger partial charge in [-0.15, -0.1) is 0 Å². The van der Waals surface area contributed by atoms with Crippen molar-refractivity contribution in [1.82, 2.24) is 4.90 Å². The number of methoxy groups -OCH3 is 1. The molecule has 2 aromatic carbocycles. The largest absolute Gasteiger partial charge is 0.497 e. The number of hydrogen-bond acceptors (Lipinski definition) is 7. The van der Waals surface area contributed by atoms with Gasteiger partial charge in [0.05, 0.1) is 31.4 Å². The summed E-state index contributed by atoms with van der Waals surface area (Å²) in [5.41, 5.74) is 1.05. The molecule has 3 aliphatic rings. The Balaban J connectivity index is 1.49. The van der Waals surface area contributed by atoms with Gasteiger partial charge in [-0.1, -0.05) is 62.9 Å². The third-order valence-corrected chi connectivity index (χ3v) is 13.5. The second kappa shape index (κ2) is 9.76. The van der Waals surface area contributed by atoms with Crippen LogP contribution in [0.25, 0.3) is 0 Å². The second-order valence-electron chi connectivity index (χ2n) is 11.4. The SMILES string of the molecule is COc1ccc(COC[C@@]23N=C4SCC(=O)N4[C@H](c4ccccc4O2)[C@H]3CO[Si](C)(C)C(C)(C)C)cc1. The molecular formula is C28H36N2O5SSi. The first-order valence-corrected chi connectivity index (χ1v) is 16.6. The van der Waals surface area contributed by atoms with Crippen LogP contribution in [-0.2, 0) is 20.6 Å². The van der Waals surface area contributed by atoms with Crippen LogP contribution in [0.4, 0.5) is 0 Å². The first kappa shape index (κ1) is 26.3. The normalized spacial score (nSPS) is 24.8. The Labute approximate surface area is 224 Å². The van der Waals surface area contributed by atoms with Gasteiger partial charge in [-0.25, -0.2) is 4.99 Å². The van der Waals surface area contributed by atoms with E-state index in [4.69, 9.17) is 23.6 Å². The van der Waals surface area contributed by atoms with E-state index in [2.05, 4.69) is 39.9 Å². The van der Waals surface area contributed by atoms with Crippen molar-refractivity contribution in [2.75, 3.05) is 26.1 Å². The van der Waals surface area contributed by atoms with Gasteiger partial charge in [0, 0.05) is 12.2 Å². The average molecular weight is 541 g/mol. The maximum Gasteiger partial charge on any atom is 0.239 e. The van der Waals surface area contributed by atoms with Crippen LogP contribution in [-0.4, -0.2) is 56.1 Å². The van der Waals surface area contributed by atoms with Crippen LogP contribution in [0.2, 0.25) is 18.1 Å². The molecule has 2 bridgehead atoms. The third kappa shape index (κ3) is 4.82. The summed E-state index contributed by atoms with van der Waals surface area (Å²) in [6.07, 6.45) is 0. The summed E-state index contributed by atoms with van der Waals surface area (Å²) >= 11 is 1.47. The molecule has 0 aliphatic carbocycles. The Bertz CT molecular complexity index is 1200. The van der Waals surface area contributed by atoms with Crippen LogP contribution in [0.5, 0.6) is 11.5 Å². The van der Waals surface area contributed by atoms with Crippen LogP contribution in [0.15, 0.2) is 53.5 Å². The van der Waals surface area contributed by atoms with E-state index in [1.807, 2.05) is 47.4 Å². The van der Waals surface area contributed by atoms with Crippen LogP contribution < -0.4 is 9.47 Å². The highest BCUT2D eigenvalue weighted by Gasteiger charge is 2.59. The molecule has 0 spiro atoms. The minimum absolute atomic E-state index is 0.0569. The Morgan fingerprint density at radius 2 is 1.89 bits per heavy atom. The Morgan fingerprint density at radius 1 is 1.16 bits per heavy atom. The summed E-state index contributed by atoms with van der Waals surface area (Å²) in [4.78, 5) is 20.1. The maximum atomic E-state index is 13.1. The lowest BCUT2D eigenvalue weighted by Crippen LogP contribution is -2.61. The zero-order valence-corrected chi connectivity index (χ0v) is 24.3. The summed E-state index contributed by atoms with van der Waals surface area (Å²) in [6, 6.07) is 15.6. The summed E-state index contributed by atoms with van der Waals surface area (Å²) in [5.74, 6) is 1.81. The highest BCUT2D eigenvalue weighted by atomic mass is 32.2. The summed E-state index contributed by atoms with van der Waals surface area (Å²) < 4.78 is 25.1. The number of benzene rings is 2. The molecule has 3 aliphatic heterocycles. The average Bonchev–Trinajstić information content (AvgIpc) is 3.21. The monoisotopic (exact) mass is 540 g/mol. The molecule has 2 aromatic rings. The molecule has 3 heterocycles. The number of hydrogen-bond donors (Lipinski definition) is 0. The number of fused-ring (bicyclic) bond motifs is 6. The van der Waals surface area contributed by atoms with Crippen molar-refractivity contribution in [3.63, 3.8) is 0 Å². The number of ether oxygens (including phenoxy) is 3. The van der Waals surface area contributed by atoms with Crippen molar-refractivity contribution in [2.45, 2.75) is 57.3 Å². The van der Waals surface area contributed by atoms with Gasteiger partial charge in [0.2, 0.25) is 11.6 Å². The van der Waals surface area contributed by atoms with E-state index in [9.17, 15) is 4.79 Å². The highest BCUT2D eigenvalue weighted by Crippen LogP contribution is 2.53. The van der Waals surface area contributed by atoms with Gasteiger partial charge in [-0.05, 0) is 41.9 Å². The van der Waals surface area contributed by atoms with Crippen LogP contribution in [0, 0.1) is 5.92 Å². The van der Waals surface area contributed by atoms with E-state index in [1.165, 1.54) is 11.8 Å². The van der Waals surface area contributed by atoms with Crippen molar-refractivity contribution in [2.24, 2.45) is 10.9 Å². The molecule has 7 nitrogen and oxygen atoms in total. The number of amides is 1. The summed E-state index contributed by atoms with van der Waals surface area (Å²) in [6.45, 7) is 12.3. The Hall–Kier alpha value is -2.33. The van der Waals surface area contributed by atoms with E-state index < -0.39 is 14.0 Å². The number of rotatable bonds is 8. The topological polar surface area (TPSA) is 69.6 Å². The fourth-order valence-corrected chi connectivity index (χ4v) is 6.80. The molecule has 0 saturated carbocycles. The van der Waals surface area contributed by atoms with Crippen LogP contribution in [0.1, 0.15) is 37.9 Å². The highest BCUT2D eigenvalue weighted by molar-refractivity contribution is 8.15. The molecule has 3 atom stereocenters. The third-order valence-electron chi connectivity index (χ3n) is 8.01. The van der Waals surface area contributed by atoms with Crippen molar-refractivity contribution in [3.8, 4) is 11.5 Å². The smallest absolute Gasteiger partial charge is 0.239 e. The van der Waals surface area contributed by atoms with E-state index in [-0.39, 0.29) is 29.5 Å². The van der Waals surface area contributed by atoms with Crippen LogP contribution >= 0.6 is 11.8 Å². The molecule has 0 N–H and O–H groups in total. The van der Waals surface area contributed by atoms with E-state index >= 15 is 0 Å². The van der Waals surface area contributed by atoms with E-state index in [0.29, 0.717) is 24.1 Å². The molecule has 9 heteroatoms. The van der Waals surface area contributed by atoms with Crippen molar-refractivity contribution in [3.05, 3.63) is 59.7 Å². The number of carbonyl (C=O) groups excluding carboxylic acids is 1. The molecule has 0 unspecified atom stereocenters. The molecular weight excluding hydrogens is 504 g/mol. The zero-order valence-electron chi connectivity index (χ0n) is 22.4.